The van der Waals surface area contributed by atoms with Gasteiger partial charge in [0.15, 0.2) is 0 Å². The van der Waals surface area contributed by atoms with Crippen LogP contribution in [0, 0.1) is 5.41 Å². The molecule has 0 saturated heterocycles. The highest BCUT2D eigenvalue weighted by atomic mass is 16.1. The van der Waals surface area contributed by atoms with E-state index in [0.29, 0.717) is 11.5 Å². The van der Waals surface area contributed by atoms with Crippen LogP contribution in [0.4, 0.5) is 5.69 Å². The van der Waals surface area contributed by atoms with Crippen LogP contribution in [0.2, 0.25) is 0 Å². The maximum atomic E-state index is 12.5. The molecule has 0 spiro atoms. The Kier molecular flexibility index (Phi) is 5.15. The van der Waals surface area contributed by atoms with Crippen molar-refractivity contribution < 1.29 is 4.79 Å². The number of carbonyl (C=O) groups is 1. The summed E-state index contributed by atoms with van der Waals surface area (Å²) >= 11 is 0. The Morgan fingerprint density at radius 2 is 1.86 bits per heavy atom. The minimum Gasteiger partial charge on any atom is -0.384 e. The molecular formula is C23H26N4O. The van der Waals surface area contributed by atoms with Crippen molar-refractivity contribution in [3.8, 4) is 0 Å². The molecule has 28 heavy (non-hydrogen) atoms. The normalized spacial score (nSPS) is 14.9. The first kappa shape index (κ1) is 18.3. The lowest BCUT2D eigenvalue weighted by atomic mass is 9.84. The fraction of sp³-hybridized carbons (Fsp3) is 0.304. The molecule has 3 aromatic rings. The Bertz CT molecular complexity index is 997. The Balaban J connectivity index is 1.43. The number of nitrogens with one attached hydrogen (secondary N) is 3. The topological polar surface area (TPSA) is 94.8 Å². The van der Waals surface area contributed by atoms with Gasteiger partial charge in [-0.2, -0.15) is 0 Å². The summed E-state index contributed by atoms with van der Waals surface area (Å²) in [4.78, 5) is 15.7. The third kappa shape index (κ3) is 3.93. The number of anilines is 1. The largest absolute Gasteiger partial charge is 0.384 e. The van der Waals surface area contributed by atoms with Crippen molar-refractivity contribution in [1.29, 1.82) is 5.41 Å². The van der Waals surface area contributed by atoms with Crippen molar-refractivity contribution >= 4 is 28.3 Å². The summed E-state index contributed by atoms with van der Waals surface area (Å²) < 4.78 is 0. The molecule has 5 heteroatoms. The van der Waals surface area contributed by atoms with Gasteiger partial charge in [-0.15, -0.1) is 0 Å². The zero-order valence-corrected chi connectivity index (χ0v) is 15.9. The van der Waals surface area contributed by atoms with E-state index in [1.165, 1.54) is 37.7 Å². The van der Waals surface area contributed by atoms with E-state index >= 15 is 0 Å². The Morgan fingerprint density at radius 3 is 2.57 bits per heavy atom. The van der Waals surface area contributed by atoms with Gasteiger partial charge in [0.05, 0.1) is 6.42 Å². The van der Waals surface area contributed by atoms with Crippen LogP contribution in [0.1, 0.15) is 54.7 Å². The van der Waals surface area contributed by atoms with Gasteiger partial charge in [-0.05, 0) is 60.2 Å². The van der Waals surface area contributed by atoms with Crippen molar-refractivity contribution in [2.24, 2.45) is 5.73 Å². The molecule has 5 nitrogen and oxygen atoms in total. The number of amidine groups is 1. The van der Waals surface area contributed by atoms with Gasteiger partial charge in [-0.1, -0.05) is 31.4 Å². The van der Waals surface area contributed by atoms with Crippen LogP contribution in [-0.4, -0.2) is 16.7 Å². The SMILES string of the molecule is N=C(N)c1ccc2[nH]cc(CC(=O)Nc3ccc(C4CCCCC4)cc3)c2c1. The average Bonchev–Trinajstić information content (AvgIpc) is 3.11. The summed E-state index contributed by atoms with van der Waals surface area (Å²) in [6, 6.07) is 13.9. The predicted octanol–water partition coefficient (Wildman–Crippen LogP) is 4.68. The molecule has 1 heterocycles. The van der Waals surface area contributed by atoms with E-state index < -0.39 is 0 Å². The Morgan fingerprint density at radius 1 is 1.11 bits per heavy atom. The molecule has 0 radical (unpaired) electrons. The van der Waals surface area contributed by atoms with Crippen LogP contribution < -0.4 is 11.1 Å². The fourth-order valence-electron chi connectivity index (χ4n) is 4.14. The molecular weight excluding hydrogens is 348 g/mol. The van der Waals surface area contributed by atoms with Gasteiger partial charge in [0.2, 0.25) is 5.91 Å². The molecule has 1 fully saturated rings. The molecule has 0 atom stereocenters. The molecule has 1 saturated carbocycles. The van der Waals surface area contributed by atoms with Gasteiger partial charge >= 0.3 is 0 Å². The van der Waals surface area contributed by atoms with E-state index in [-0.39, 0.29) is 18.2 Å². The first-order valence-corrected chi connectivity index (χ1v) is 9.94. The van der Waals surface area contributed by atoms with Crippen molar-refractivity contribution in [3.05, 3.63) is 65.4 Å². The second-order valence-corrected chi connectivity index (χ2v) is 7.67. The number of hydrogen-bond acceptors (Lipinski definition) is 2. The van der Waals surface area contributed by atoms with Crippen molar-refractivity contribution in [2.45, 2.75) is 44.4 Å². The van der Waals surface area contributed by atoms with Gasteiger partial charge in [0, 0.05) is 28.4 Å². The molecule has 0 unspecified atom stereocenters. The number of nitrogen functional groups attached to an aromatic ring is 1. The lowest BCUT2D eigenvalue weighted by Gasteiger charge is -2.22. The number of aromatic nitrogens is 1. The smallest absolute Gasteiger partial charge is 0.228 e. The number of nitrogens with two attached hydrogens (primary N) is 1. The van der Waals surface area contributed by atoms with Gasteiger partial charge in [0.25, 0.3) is 0 Å². The Hall–Kier alpha value is -3.08. The van der Waals surface area contributed by atoms with Crippen molar-refractivity contribution in [2.75, 3.05) is 5.32 Å². The highest BCUT2D eigenvalue weighted by Gasteiger charge is 2.15. The van der Waals surface area contributed by atoms with Gasteiger partial charge in [0.1, 0.15) is 5.84 Å². The molecule has 2 aromatic carbocycles. The summed E-state index contributed by atoms with van der Waals surface area (Å²) in [7, 11) is 0. The number of aromatic amines is 1. The Labute approximate surface area is 164 Å². The zero-order chi connectivity index (χ0) is 19.5. The minimum absolute atomic E-state index is 0.0246. The van der Waals surface area contributed by atoms with Crippen molar-refractivity contribution in [3.63, 3.8) is 0 Å². The molecule has 1 aliphatic carbocycles. The summed E-state index contributed by atoms with van der Waals surface area (Å²) in [5, 5.41) is 11.5. The molecule has 4 rings (SSSR count). The average molecular weight is 374 g/mol. The quantitative estimate of drug-likeness (QED) is 0.385. The lowest BCUT2D eigenvalue weighted by molar-refractivity contribution is -0.115. The monoisotopic (exact) mass is 374 g/mol. The van der Waals surface area contributed by atoms with E-state index in [4.69, 9.17) is 11.1 Å². The standard InChI is InChI=1S/C23H26N4O/c24-23(25)17-8-11-21-20(12-17)18(14-26-21)13-22(28)27-19-9-6-16(7-10-19)15-4-2-1-3-5-15/h6-12,14-15,26H,1-5,13H2,(H3,24,25)(H,27,28). The third-order valence-corrected chi connectivity index (χ3v) is 5.70. The second kappa shape index (κ2) is 7.89. The van der Waals surface area contributed by atoms with Crippen molar-refractivity contribution in [1.82, 2.24) is 4.98 Å². The highest BCUT2D eigenvalue weighted by molar-refractivity contribution is 6.01. The van der Waals surface area contributed by atoms with E-state index in [1.807, 2.05) is 30.5 Å². The zero-order valence-electron chi connectivity index (χ0n) is 15.9. The summed E-state index contributed by atoms with van der Waals surface area (Å²) in [5.41, 5.74) is 10.3. The summed E-state index contributed by atoms with van der Waals surface area (Å²) in [5.74, 6) is 0.635. The maximum absolute atomic E-state index is 12.5. The first-order chi connectivity index (χ1) is 13.6. The van der Waals surface area contributed by atoms with Gasteiger partial charge < -0.3 is 16.0 Å². The number of carbonyl (C=O) groups excluding carboxylic acids is 1. The molecule has 1 aromatic heterocycles. The summed E-state index contributed by atoms with van der Waals surface area (Å²) in [6.07, 6.45) is 8.65. The number of rotatable bonds is 5. The molecule has 1 amide bonds. The third-order valence-electron chi connectivity index (χ3n) is 5.70. The summed E-state index contributed by atoms with van der Waals surface area (Å²) in [6.45, 7) is 0. The predicted molar refractivity (Wildman–Crippen MR) is 114 cm³/mol. The number of fused-ring (bicyclic) bond motifs is 1. The molecule has 0 aliphatic heterocycles. The molecule has 5 N–H and O–H groups in total. The number of benzene rings is 2. The number of H-pyrrole nitrogens is 1. The molecule has 1 aliphatic rings. The van der Waals surface area contributed by atoms with Crippen LogP contribution in [0.3, 0.4) is 0 Å². The molecule has 144 valence electrons. The second-order valence-electron chi connectivity index (χ2n) is 7.67. The minimum atomic E-state index is -0.0560. The van der Waals surface area contributed by atoms with Crippen LogP contribution in [0.25, 0.3) is 10.9 Å². The van der Waals surface area contributed by atoms with Gasteiger partial charge in [-0.25, -0.2) is 0 Å². The van der Waals surface area contributed by atoms with Gasteiger partial charge in [-0.3, -0.25) is 10.2 Å². The van der Waals surface area contributed by atoms with Crippen LogP contribution >= 0.6 is 0 Å². The van der Waals surface area contributed by atoms with Crippen LogP contribution in [0.5, 0.6) is 0 Å². The highest BCUT2D eigenvalue weighted by Crippen LogP contribution is 2.33. The maximum Gasteiger partial charge on any atom is 0.228 e. The van der Waals surface area contributed by atoms with Crippen LogP contribution in [0.15, 0.2) is 48.7 Å². The van der Waals surface area contributed by atoms with E-state index in [9.17, 15) is 4.79 Å². The lowest BCUT2D eigenvalue weighted by Crippen LogP contribution is -2.14. The van der Waals surface area contributed by atoms with E-state index in [0.717, 1.165) is 22.2 Å². The molecule has 0 bridgehead atoms. The van der Waals surface area contributed by atoms with E-state index in [1.54, 1.807) is 6.07 Å². The number of hydrogen-bond donors (Lipinski definition) is 4. The fourth-order valence-corrected chi connectivity index (χ4v) is 4.14. The number of amides is 1. The first-order valence-electron chi connectivity index (χ1n) is 9.94. The van der Waals surface area contributed by atoms with Crippen LogP contribution in [-0.2, 0) is 11.2 Å². The van der Waals surface area contributed by atoms with E-state index in [2.05, 4.69) is 22.4 Å².